The third kappa shape index (κ3) is 4.16. The van der Waals surface area contributed by atoms with Crippen LogP contribution in [0.4, 0.5) is 4.39 Å². The van der Waals surface area contributed by atoms with Gasteiger partial charge in [0.05, 0.1) is 11.6 Å². The second-order valence-corrected chi connectivity index (χ2v) is 4.23. The molecule has 0 saturated carbocycles. The minimum absolute atomic E-state index is 0.305. The molecule has 0 aliphatic heterocycles. The molecule has 0 unspecified atom stereocenters. The average Bonchev–Trinajstić information content (AvgIpc) is 2.36. The molecule has 2 nitrogen and oxygen atoms in total. The Morgan fingerprint density at radius 1 is 1.35 bits per heavy atom. The van der Waals surface area contributed by atoms with Gasteiger partial charge in [0, 0.05) is 12.1 Å². The molecule has 1 rings (SSSR count). The summed E-state index contributed by atoms with van der Waals surface area (Å²) in [6.07, 6.45) is 2.28. The minimum atomic E-state index is -0.305. The maximum atomic E-state index is 13.5. The lowest BCUT2D eigenvalue weighted by atomic mass is 10.0. The minimum Gasteiger partial charge on any atom is -0.312 e. The molecule has 0 bridgehead atoms. The van der Waals surface area contributed by atoms with Crippen LogP contribution in [-0.2, 0) is 6.54 Å². The van der Waals surface area contributed by atoms with Crippen molar-refractivity contribution >= 4 is 0 Å². The third-order valence-corrected chi connectivity index (χ3v) is 3.09. The number of nitriles is 1. The average molecular weight is 234 g/mol. The van der Waals surface area contributed by atoms with Crippen LogP contribution in [0.2, 0.25) is 0 Å². The van der Waals surface area contributed by atoms with Crippen molar-refractivity contribution in [2.45, 2.75) is 33.2 Å². The van der Waals surface area contributed by atoms with Crippen molar-refractivity contribution in [3.05, 3.63) is 35.1 Å². The van der Waals surface area contributed by atoms with Gasteiger partial charge in [-0.25, -0.2) is 4.39 Å². The summed E-state index contributed by atoms with van der Waals surface area (Å²) in [7, 11) is 0. The molecular formula is C14H19FN2. The van der Waals surface area contributed by atoms with Gasteiger partial charge in [0.1, 0.15) is 5.82 Å². The lowest BCUT2D eigenvalue weighted by molar-refractivity contribution is 0.446. The van der Waals surface area contributed by atoms with Crippen LogP contribution >= 0.6 is 0 Å². The van der Waals surface area contributed by atoms with Crippen LogP contribution in [0.25, 0.3) is 0 Å². The number of hydrogen-bond donors (Lipinski definition) is 1. The normalized spacial score (nSPS) is 10.5. The smallest absolute Gasteiger partial charge is 0.129 e. The molecule has 3 heteroatoms. The fourth-order valence-electron chi connectivity index (χ4n) is 1.75. The Balaban J connectivity index is 2.50. The number of nitrogens with zero attached hydrogens (tertiary/aromatic N) is 1. The summed E-state index contributed by atoms with van der Waals surface area (Å²) in [5, 5.41) is 11.9. The lowest BCUT2D eigenvalue weighted by Crippen LogP contribution is -2.22. The first-order chi connectivity index (χ1) is 8.21. The van der Waals surface area contributed by atoms with E-state index in [1.807, 2.05) is 6.07 Å². The summed E-state index contributed by atoms with van der Waals surface area (Å²) >= 11 is 0. The number of hydrogen-bond acceptors (Lipinski definition) is 2. The molecule has 92 valence electrons. The molecule has 0 aliphatic rings. The Morgan fingerprint density at radius 3 is 2.59 bits per heavy atom. The monoisotopic (exact) mass is 234 g/mol. The molecule has 0 spiro atoms. The van der Waals surface area contributed by atoms with Crippen LogP contribution in [0.1, 0.15) is 37.8 Å². The maximum absolute atomic E-state index is 13.5. The van der Waals surface area contributed by atoms with E-state index in [9.17, 15) is 4.39 Å². The summed E-state index contributed by atoms with van der Waals surface area (Å²) in [6, 6.07) is 6.54. The van der Waals surface area contributed by atoms with E-state index in [0.29, 0.717) is 23.6 Å². The molecule has 0 fully saturated rings. The van der Waals surface area contributed by atoms with Crippen LogP contribution in [-0.4, -0.2) is 6.54 Å². The third-order valence-electron chi connectivity index (χ3n) is 3.09. The van der Waals surface area contributed by atoms with E-state index in [0.717, 1.165) is 19.4 Å². The zero-order valence-electron chi connectivity index (χ0n) is 10.5. The van der Waals surface area contributed by atoms with Crippen LogP contribution in [0.15, 0.2) is 18.2 Å². The van der Waals surface area contributed by atoms with Gasteiger partial charge in [0.15, 0.2) is 0 Å². The van der Waals surface area contributed by atoms with Gasteiger partial charge in [0.25, 0.3) is 0 Å². The van der Waals surface area contributed by atoms with Crippen LogP contribution in [0.3, 0.4) is 0 Å². The molecule has 0 amide bonds. The molecule has 1 aromatic rings. The Kier molecular flexibility index (Phi) is 5.65. The second-order valence-electron chi connectivity index (χ2n) is 4.23. The van der Waals surface area contributed by atoms with Gasteiger partial charge in [-0.05, 0) is 24.6 Å². The highest BCUT2D eigenvalue weighted by molar-refractivity contribution is 5.32. The molecule has 17 heavy (non-hydrogen) atoms. The predicted molar refractivity (Wildman–Crippen MR) is 66.9 cm³/mol. The van der Waals surface area contributed by atoms with E-state index in [1.54, 1.807) is 12.1 Å². The topological polar surface area (TPSA) is 35.8 Å². The maximum Gasteiger partial charge on any atom is 0.129 e. The largest absolute Gasteiger partial charge is 0.312 e. The van der Waals surface area contributed by atoms with Gasteiger partial charge >= 0.3 is 0 Å². The summed E-state index contributed by atoms with van der Waals surface area (Å²) in [5.41, 5.74) is 0.987. The number of rotatable bonds is 6. The van der Waals surface area contributed by atoms with Gasteiger partial charge in [0.2, 0.25) is 0 Å². The Morgan fingerprint density at radius 2 is 2.06 bits per heavy atom. The zero-order chi connectivity index (χ0) is 12.7. The molecule has 0 atom stereocenters. The van der Waals surface area contributed by atoms with Crippen molar-refractivity contribution in [2.24, 2.45) is 5.92 Å². The van der Waals surface area contributed by atoms with Crippen LogP contribution in [0.5, 0.6) is 0 Å². The molecule has 0 heterocycles. The Bertz CT molecular complexity index is 392. The first-order valence-electron chi connectivity index (χ1n) is 6.10. The van der Waals surface area contributed by atoms with E-state index in [4.69, 9.17) is 5.26 Å². The van der Waals surface area contributed by atoms with E-state index >= 15 is 0 Å². The second kappa shape index (κ2) is 7.03. The van der Waals surface area contributed by atoms with Gasteiger partial charge in [-0.15, -0.1) is 0 Å². The van der Waals surface area contributed by atoms with Gasteiger partial charge in [-0.1, -0.05) is 32.8 Å². The fourth-order valence-corrected chi connectivity index (χ4v) is 1.75. The SMILES string of the molecule is CCC(CC)CNCc1ccc(C#N)cc1F. The van der Waals surface area contributed by atoms with E-state index in [2.05, 4.69) is 19.2 Å². The van der Waals surface area contributed by atoms with Crippen LogP contribution in [0, 0.1) is 23.1 Å². The molecule has 0 radical (unpaired) electrons. The van der Waals surface area contributed by atoms with Gasteiger partial charge < -0.3 is 5.32 Å². The quantitative estimate of drug-likeness (QED) is 0.820. The summed E-state index contributed by atoms with van der Waals surface area (Å²) in [6.45, 7) is 5.76. The number of halogens is 1. The van der Waals surface area contributed by atoms with Crippen molar-refractivity contribution in [1.29, 1.82) is 5.26 Å². The van der Waals surface area contributed by atoms with Crippen molar-refractivity contribution in [3.63, 3.8) is 0 Å². The van der Waals surface area contributed by atoms with Crippen molar-refractivity contribution < 1.29 is 4.39 Å². The fraction of sp³-hybridized carbons (Fsp3) is 0.500. The summed E-state index contributed by atoms with van der Waals surface area (Å²) < 4.78 is 13.5. The summed E-state index contributed by atoms with van der Waals surface area (Å²) in [5.74, 6) is 0.345. The molecule has 1 N–H and O–H groups in total. The molecule has 0 saturated heterocycles. The predicted octanol–water partition coefficient (Wildman–Crippen LogP) is 3.22. The van der Waals surface area contributed by atoms with E-state index in [1.165, 1.54) is 6.07 Å². The first-order valence-corrected chi connectivity index (χ1v) is 6.10. The van der Waals surface area contributed by atoms with Crippen molar-refractivity contribution in [3.8, 4) is 6.07 Å². The highest BCUT2D eigenvalue weighted by Crippen LogP contribution is 2.10. The van der Waals surface area contributed by atoms with Crippen LogP contribution < -0.4 is 5.32 Å². The van der Waals surface area contributed by atoms with Crippen molar-refractivity contribution in [1.82, 2.24) is 5.32 Å². The Hall–Kier alpha value is -1.40. The Labute approximate surface area is 102 Å². The molecule has 0 aliphatic carbocycles. The van der Waals surface area contributed by atoms with Gasteiger partial charge in [-0.2, -0.15) is 5.26 Å². The first kappa shape index (κ1) is 13.7. The lowest BCUT2D eigenvalue weighted by Gasteiger charge is -2.13. The molecule has 1 aromatic carbocycles. The molecule has 0 aromatic heterocycles. The zero-order valence-corrected chi connectivity index (χ0v) is 10.5. The summed E-state index contributed by atoms with van der Waals surface area (Å²) in [4.78, 5) is 0. The van der Waals surface area contributed by atoms with Gasteiger partial charge in [-0.3, -0.25) is 0 Å². The number of benzene rings is 1. The van der Waals surface area contributed by atoms with E-state index < -0.39 is 0 Å². The highest BCUT2D eigenvalue weighted by atomic mass is 19.1. The van der Waals surface area contributed by atoms with Crippen molar-refractivity contribution in [2.75, 3.05) is 6.54 Å². The van der Waals surface area contributed by atoms with E-state index in [-0.39, 0.29) is 5.82 Å². The highest BCUT2D eigenvalue weighted by Gasteiger charge is 2.05. The standard InChI is InChI=1S/C14H19FN2/c1-3-11(4-2)9-17-10-13-6-5-12(8-16)7-14(13)15/h5-7,11,17H,3-4,9-10H2,1-2H3. The molecular weight excluding hydrogens is 215 g/mol. The number of nitrogens with one attached hydrogen (secondary N) is 1.